The summed E-state index contributed by atoms with van der Waals surface area (Å²) in [6.07, 6.45) is 4.33. The fraction of sp³-hybridized carbons (Fsp3) is 0.588. The summed E-state index contributed by atoms with van der Waals surface area (Å²) >= 11 is 0. The van der Waals surface area contributed by atoms with E-state index in [1.54, 1.807) is 6.92 Å². The Morgan fingerprint density at radius 2 is 2.15 bits per heavy atom. The Hall–Kier alpha value is -2.23. The molecule has 1 aliphatic heterocycles. The molecule has 9 heteroatoms. The summed E-state index contributed by atoms with van der Waals surface area (Å²) in [7, 11) is 0. The van der Waals surface area contributed by atoms with Crippen LogP contribution in [-0.2, 0) is 4.74 Å². The number of rotatable bonds is 4. The SMILES string of the molecule is C=C[C@]1(O)[C@H](O)[C@@H](C)O[C@H]1n1cnc2c(N)nc(OC3CCCC3)nc21. The Morgan fingerprint density at radius 3 is 2.85 bits per heavy atom. The normalized spacial score (nSPS) is 32.3. The van der Waals surface area contributed by atoms with E-state index in [1.165, 1.54) is 17.0 Å². The van der Waals surface area contributed by atoms with Crippen LogP contribution in [0.4, 0.5) is 5.82 Å². The molecule has 1 saturated carbocycles. The van der Waals surface area contributed by atoms with Gasteiger partial charge in [-0.15, -0.1) is 0 Å². The van der Waals surface area contributed by atoms with E-state index in [0.29, 0.717) is 11.2 Å². The molecular formula is C17H23N5O4. The molecule has 1 aliphatic carbocycles. The van der Waals surface area contributed by atoms with Gasteiger partial charge in [-0.2, -0.15) is 9.97 Å². The number of fused-ring (bicyclic) bond motifs is 1. The van der Waals surface area contributed by atoms with Gasteiger partial charge in [0.1, 0.15) is 12.2 Å². The molecule has 0 bridgehead atoms. The van der Waals surface area contributed by atoms with Gasteiger partial charge in [-0.3, -0.25) is 4.57 Å². The van der Waals surface area contributed by atoms with Crippen molar-refractivity contribution in [2.75, 3.05) is 5.73 Å². The molecule has 1 saturated heterocycles. The van der Waals surface area contributed by atoms with E-state index in [4.69, 9.17) is 15.2 Å². The highest BCUT2D eigenvalue weighted by Crippen LogP contribution is 2.40. The monoisotopic (exact) mass is 361 g/mol. The van der Waals surface area contributed by atoms with E-state index in [9.17, 15) is 10.2 Å². The number of imidazole rings is 1. The van der Waals surface area contributed by atoms with Gasteiger partial charge in [-0.1, -0.05) is 12.7 Å². The third-order valence-electron chi connectivity index (χ3n) is 5.24. The first-order chi connectivity index (χ1) is 12.4. The summed E-state index contributed by atoms with van der Waals surface area (Å²) in [6.45, 7) is 5.31. The maximum Gasteiger partial charge on any atom is 0.320 e. The first-order valence-electron chi connectivity index (χ1n) is 8.80. The third kappa shape index (κ3) is 2.54. The molecule has 9 nitrogen and oxygen atoms in total. The smallest absolute Gasteiger partial charge is 0.320 e. The number of nitrogens with zero attached hydrogens (tertiary/aromatic N) is 4. The van der Waals surface area contributed by atoms with Crippen LogP contribution < -0.4 is 10.5 Å². The lowest BCUT2D eigenvalue weighted by atomic mass is 9.94. The summed E-state index contributed by atoms with van der Waals surface area (Å²) in [5.41, 5.74) is 5.09. The van der Waals surface area contributed by atoms with E-state index in [-0.39, 0.29) is 17.9 Å². The van der Waals surface area contributed by atoms with Crippen LogP contribution in [-0.4, -0.2) is 53.6 Å². The van der Waals surface area contributed by atoms with Crippen molar-refractivity contribution in [1.82, 2.24) is 19.5 Å². The number of hydrogen-bond acceptors (Lipinski definition) is 8. The second-order valence-corrected chi connectivity index (χ2v) is 6.97. The average Bonchev–Trinajstić information content (AvgIpc) is 3.32. The van der Waals surface area contributed by atoms with Crippen LogP contribution in [0.25, 0.3) is 11.2 Å². The molecule has 26 heavy (non-hydrogen) atoms. The number of nitrogens with two attached hydrogens (primary N) is 1. The van der Waals surface area contributed by atoms with E-state index in [0.717, 1.165) is 25.7 Å². The molecule has 4 rings (SSSR count). The number of anilines is 1. The van der Waals surface area contributed by atoms with Crippen LogP contribution in [0, 0.1) is 0 Å². The molecular weight excluding hydrogens is 338 g/mol. The van der Waals surface area contributed by atoms with Gasteiger partial charge in [0.15, 0.2) is 28.8 Å². The molecule has 4 N–H and O–H groups in total. The topological polar surface area (TPSA) is 129 Å². The Morgan fingerprint density at radius 1 is 1.42 bits per heavy atom. The van der Waals surface area contributed by atoms with Gasteiger partial charge in [-0.25, -0.2) is 4.98 Å². The van der Waals surface area contributed by atoms with Crippen molar-refractivity contribution in [2.24, 2.45) is 0 Å². The highest BCUT2D eigenvalue weighted by molar-refractivity contribution is 5.82. The van der Waals surface area contributed by atoms with Crippen molar-refractivity contribution < 1.29 is 19.7 Å². The van der Waals surface area contributed by atoms with Crippen molar-refractivity contribution in [1.29, 1.82) is 0 Å². The van der Waals surface area contributed by atoms with Crippen LogP contribution in [0.15, 0.2) is 19.0 Å². The minimum atomic E-state index is -1.68. The van der Waals surface area contributed by atoms with E-state index in [2.05, 4.69) is 21.5 Å². The standard InChI is InChI=1S/C17H23N5O4/c1-3-17(24)12(23)9(2)25-15(17)22-8-19-11-13(18)20-16(21-14(11)22)26-10-6-4-5-7-10/h3,8-10,12,15,23-24H,1,4-7H2,2H3,(H2,18,20,21)/t9-,12-,15-,17+/m1/s1. The predicted octanol–water partition coefficient (Wildman–Crippen LogP) is 0.925. The van der Waals surface area contributed by atoms with Crippen LogP contribution >= 0.6 is 0 Å². The van der Waals surface area contributed by atoms with Gasteiger partial charge in [0.2, 0.25) is 0 Å². The lowest BCUT2D eigenvalue weighted by molar-refractivity contribution is -0.0734. The largest absolute Gasteiger partial charge is 0.460 e. The molecule has 140 valence electrons. The van der Waals surface area contributed by atoms with Gasteiger partial charge in [0.05, 0.1) is 12.4 Å². The fourth-order valence-corrected chi connectivity index (χ4v) is 3.72. The van der Waals surface area contributed by atoms with Gasteiger partial charge < -0.3 is 25.4 Å². The highest BCUT2D eigenvalue weighted by Gasteiger charge is 2.53. The Balaban J connectivity index is 1.76. The van der Waals surface area contributed by atoms with E-state index in [1.807, 2.05) is 0 Å². The summed E-state index contributed by atoms with van der Waals surface area (Å²) in [6, 6.07) is 0.178. The van der Waals surface area contributed by atoms with Gasteiger partial charge in [-0.05, 0) is 32.6 Å². The van der Waals surface area contributed by atoms with Gasteiger partial charge in [0, 0.05) is 0 Å². The van der Waals surface area contributed by atoms with E-state index >= 15 is 0 Å². The molecule has 0 amide bonds. The van der Waals surface area contributed by atoms with Crippen LogP contribution in [0.5, 0.6) is 6.01 Å². The van der Waals surface area contributed by atoms with Crippen LogP contribution in [0.2, 0.25) is 0 Å². The maximum atomic E-state index is 10.9. The maximum absolute atomic E-state index is 10.9. The predicted molar refractivity (Wildman–Crippen MR) is 93.4 cm³/mol. The first-order valence-corrected chi connectivity index (χ1v) is 8.80. The number of aromatic nitrogens is 4. The van der Waals surface area contributed by atoms with Gasteiger partial charge >= 0.3 is 6.01 Å². The number of aliphatic hydroxyl groups excluding tert-OH is 1. The van der Waals surface area contributed by atoms with Crippen molar-refractivity contribution in [3.8, 4) is 6.01 Å². The van der Waals surface area contributed by atoms with E-state index < -0.39 is 24.0 Å². The summed E-state index contributed by atoms with van der Waals surface area (Å²) in [5.74, 6) is 0.190. The molecule has 0 radical (unpaired) electrons. The molecule has 0 spiro atoms. The summed E-state index contributed by atoms with van der Waals surface area (Å²) in [4.78, 5) is 12.9. The zero-order valence-corrected chi connectivity index (χ0v) is 14.6. The van der Waals surface area contributed by atoms with Crippen molar-refractivity contribution in [3.05, 3.63) is 19.0 Å². The number of hydrogen-bond donors (Lipinski definition) is 3. The number of ether oxygens (including phenoxy) is 2. The van der Waals surface area contributed by atoms with Crippen LogP contribution in [0.3, 0.4) is 0 Å². The Labute approximate surface area is 150 Å². The minimum Gasteiger partial charge on any atom is -0.460 e. The zero-order valence-electron chi connectivity index (χ0n) is 14.6. The Kier molecular flexibility index (Phi) is 4.09. The van der Waals surface area contributed by atoms with Crippen molar-refractivity contribution in [2.45, 2.75) is 62.7 Å². The molecule has 2 aliphatic rings. The zero-order chi connectivity index (χ0) is 18.5. The molecule has 2 aromatic rings. The summed E-state index contributed by atoms with van der Waals surface area (Å²) in [5, 5.41) is 21.1. The Bertz CT molecular complexity index is 834. The lowest BCUT2D eigenvalue weighted by Crippen LogP contribution is -2.44. The molecule has 0 unspecified atom stereocenters. The van der Waals surface area contributed by atoms with Gasteiger partial charge in [0.25, 0.3) is 0 Å². The minimum absolute atomic E-state index is 0.0814. The second-order valence-electron chi connectivity index (χ2n) is 6.97. The van der Waals surface area contributed by atoms with Crippen LogP contribution in [0.1, 0.15) is 38.8 Å². The fourth-order valence-electron chi connectivity index (χ4n) is 3.72. The molecule has 0 aromatic carbocycles. The molecule has 2 fully saturated rings. The number of aliphatic hydroxyl groups is 2. The third-order valence-corrected chi connectivity index (χ3v) is 5.24. The second kappa shape index (κ2) is 6.19. The lowest BCUT2D eigenvalue weighted by Gasteiger charge is -2.28. The molecule has 2 aromatic heterocycles. The number of nitrogen functional groups attached to an aromatic ring is 1. The molecule has 3 heterocycles. The average molecular weight is 361 g/mol. The molecule has 4 atom stereocenters. The first kappa shape index (κ1) is 17.2. The van der Waals surface area contributed by atoms with Crippen molar-refractivity contribution in [3.63, 3.8) is 0 Å². The quantitative estimate of drug-likeness (QED) is 0.686. The van der Waals surface area contributed by atoms with Crippen molar-refractivity contribution >= 4 is 17.0 Å². The summed E-state index contributed by atoms with van der Waals surface area (Å²) < 4.78 is 13.1. The highest BCUT2D eigenvalue weighted by atomic mass is 16.6.